The van der Waals surface area contributed by atoms with Gasteiger partial charge in [-0.05, 0) is 47.2 Å². The average molecular weight is 477 g/mol. The van der Waals surface area contributed by atoms with Gasteiger partial charge in [-0.2, -0.15) is 10.2 Å². The number of fused-ring (bicyclic) bond motifs is 1. The molecule has 0 unspecified atom stereocenters. The van der Waals surface area contributed by atoms with Crippen molar-refractivity contribution in [2.24, 2.45) is 0 Å². The molecule has 3 heterocycles. The molecule has 1 fully saturated rings. The van der Waals surface area contributed by atoms with Gasteiger partial charge in [-0.25, -0.2) is 0 Å². The van der Waals surface area contributed by atoms with Gasteiger partial charge in [-0.3, -0.25) is 0 Å². The van der Waals surface area contributed by atoms with E-state index >= 15 is 0 Å². The van der Waals surface area contributed by atoms with E-state index < -0.39 is 0 Å². The molecule has 6 rings (SSSR count). The smallest absolute Gasteiger partial charge is 0.266 e. The summed E-state index contributed by atoms with van der Waals surface area (Å²) in [5.74, 6) is 2.67. The molecule has 0 atom stereocenters. The normalized spacial score (nSPS) is 13.6. The Balaban J connectivity index is 1.13. The minimum atomic E-state index is 0.267. The van der Waals surface area contributed by atoms with Gasteiger partial charge in [-0.1, -0.05) is 48.5 Å². The number of rotatable bonds is 6. The Morgan fingerprint density at radius 3 is 2.36 bits per heavy atom. The fraction of sp³-hybridized carbons (Fsp3) is 0.172. The van der Waals surface area contributed by atoms with Gasteiger partial charge in [0.05, 0.1) is 0 Å². The van der Waals surface area contributed by atoms with E-state index in [2.05, 4.69) is 45.1 Å². The van der Waals surface area contributed by atoms with Crippen molar-refractivity contribution in [2.45, 2.75) is 6.61 Å². The monoisotopic (exact) mass is 476 g/mol. The number of nitriles is 1. The first-order chi connectivity index (χ1) is 17.8. The third kappa shape index (κ3) is 4.37. The number of oxazole rings is 1. The highest BCUT2D eigenvalue weighted by atomic mass is 16.5. The zero-order valence-electron chi connectivity index (χ0n) is 19.6. The van der Waals surface area contributed by atoms with Crippen molar-refractivity contribution in [1.82, 2.24) is 4.98 Å². The first kappa shape index (κ1) is 21.8. The highest BCUT2D eigenvalue weighted by Crippen LogP contribution is 2.31. The van der Waals surface area contributed by atoms with Gasteiger partial charge in [0.2, 0.25) is 11.6 Å². The number of hydrogen-bond acceptors (Lipinski definition) is 7. The van der Waals surface area contributed by atoms with E-state index in [4.69, 9.17) is 13.6 Å². The van der Waals surface area contributed by atoms with E-state index in [0.29, 0.717) is 23.3 Å². The Labute approximate surface area is 208 Å². The number of aromatic nitrogens is 1. The maximum atomic E-state index is 9.67. The summed E-state index contributed by atoms with van der Waals surface area (Å²) in [5.41, 5.74) is 1.47. The van der Waals surface area contributed by atoms with E-state index in [0.717, 1.165) is 37.3 Å². The third-order valence-corrected chi connectivity index (χ3v) is 6.38. The fourth-order valence-electron chi connectivity index (χ4n) is 4.49. The molecule has 36 heavy (non-hydrogen) atoms. The molecule has 0 bridgehead atoms. The SMILES string of the molecule is N#Cc1nc(-c2ccc(COc3ccc4ccccc4c3)o2)oc1N1CCN(c2ccccc2)CC1. The van der Waals surface area contributed by atoms with E-state index in [1.165, 1.54) is 11.1 Å². The van der Waals surface area contributed by atoms with E-state index in [1.54, 1.807) is 6.07 Å². The Hall–Kier alpha value is -4.70. The summed E-state index contributed by atoms with van der Waals surface area (Å²) in [5, 5.41) is 12.0. The lowest BCUT2D eigenvalue weighted by atomic mass is 10.1. The van der Waals surface area contributed by atoms with Crippen LogP contribution in [0.5, 0.6) is 5.75 Å². The van der Waals surface area contributed by atoms with Crippen molar-refractivity contribution >= 4 is 22.3 Å². The summed E-state index contributed by atoms with van der Waals surface area (Å²) in [6.07, 6.45) is 0. The standard InChI is InChI=1S/C29H24N4O3/c30-19-26-29(33-16-14-32(15-17-33)23-8-2-1-3-9-23)36-28(31-26)27-13-12-25(35-27)20-34-24-11-10-21-6-4-5-7-22(21)18-24/h1-13,18H,14-17,20H2. The maximum Gasteiger partial charge on any atom is 0.266 e. The van der Waals surface area contributed by atoms with Gasteiger partial charge in [0.25, 0.3) is 5.89 Å². The van der Waals surface area contributed by atoms with Crippen LogP contribution < -0.4 is 14.5 Å². The van der Waals surface area contributed by atoms with Crippen LogP contribution in [0, 0.1) is 11.3 Å². The number of para-hydroxylation sites is 1. The number of benzene rings is 3. The van der Waals surface area contributed by atoms with Crippen molar-refractivity contribution in [3.05, 3.63) is 96.4 Å². The maximum absolute atomic E-state index is 9.67. The summed E-state index contributed by atoms with van der Waals surface area (Å²) >= 11 is 0. The second-order valence-corrected chi connectivity index (χ2v) is 8.66. The molecule has 0 spiro atoms. The van der Waals surface area contributed by atoms with Crippen molar-refractivity contribution < 1.29 is 13.6 Å². The van der Waals surface area contributed by atoms with E-state index in [-0.39, 0.29) is 12.3 Å². The molecular weight excluding hydrogens is 452 g/mol. The summed E-state index contributed by atoms with van der Waals surface area (Å²) in [6.45, 7) is 3.42. The molecule has 0 amide bonds. The van der Waals surface area contributed by atoms with Gasteiger partial charge in [0.15, 0.2) is 5.76 Å². The lowest BCUT2D eigenvalue weighted by molar-refractivity contribution is 0.271. The molecule has 7 nitrogen and oxygen atoms in total. The van der Waals surface area contributed by atoms with Gasteiger partial charge < -0.3 is 23.4 Å². The lowest BCUT2D eigenvalue weighted by Gasteiger charge is -2.35. The van der Waals surface area contributed by atoms with Crippen molar-refractivity contribution in [2.75, 3.05) is 36.0 Å². The minimum Gasteiger partial charge on any atom is -0.486 e. The minimum absolute atomic E-state index is 0.267. The van der Waals surface area contributed by atoms with Crippen molar-refractivity contribution in [3.8, 4) is 23.5 Å². The lowest BCUT2D eigenvalue weighted by Crippen LogP contribution is -2.46. The number of hydrogen-bond donors (Lipinski definition) is 0. The zero-order valence-corrected chi connectivity index (χ0v) is 19.6. The molecular formula is C29H24N4O3. The van der Waals surface area contributed by atoms with Crippen LogP contribution in [0.1, 0.15) is 11.5 Å². The summed E-state index contributed by atoms with van der Waals surface area (Å²) in [4.78, 5) is 8.80. The molecule has 3 aromatic carbocycles. The number of piperazine rings is 1. The molecule has 2 aromatic heterocycles. The molecule has 178 valence electrons. The second kappa shape index (κ2) is 9.51. The van der Waals surface area contributed by atoms with E-state index in [1.807, 2.05) is 54.6 Å². The van der Waals surface area contributed by atoms with Crippen LogP contribution in [0.4, 0.5) is 11.6 Å². The predicted octanol–water partition coefficient (Wildman–Crippen LogP) is 5.87. The number of furan rings is 1. The first-order valence-corrected chi connectivity index (χ1v) is 11.9. The van der Waals surface area contributed by atoms with Gasteiger partial charge >= 0.3 is 0 Å². The van der Waals surface area contributed by atoms with Gasteiger partial charge in [-0.15, -0.1) is 0 Å². The van der Waals surface area contributed by atoms with Crippen LogP contribution in [0.2, 0.25) is 0 Å². The van der Waals surface area contributed by atoms with Crippen LogP contribution >= 0.6 is 0 Å². The van der Waals surface area contributed by atoms with Crippen LogP contribution in [-0.2, 0) is 6.61 Å². The molecule has 0 aliphatic carbocycles. The van der Waals surface area contributed by atoms with Gasteiger partial charge in [0, 0.05) is 31.9 Å². The molecule has 1 aliphatic rings. The zero-order chi connectivity index (χ0) is 24.3. The number of anilines is 2. The van der Waals surface area contributed by atoms with Crippen LogP contribution in [0.25, 0.3) is 22.4 Å². The summed E-state index contributed by atoms with van der Waals surface area (Å²) in [7, 11) is 0. The third-order valence-electron chi connectivity index (χ3n) is 6.38. The first-order valence-electron chi connectivity index (χ1n) is 11.9. The Kier molecular flexibility index (Phi) is 5.76. The van der Waals surface area contributed by atoms with Crippen LogP contribution in [-0.4, -0.2) is 31.2 Å². The quantitative estimate of drug-likeness (QED) is 0.303. The predicted molar refractivity (Wildman–Crippen MR) is 138 cm³/mol. The Morgan fingerprint density at radius 2 is 1.56 bits per heavy atom. The van der Waals surface area contributed by atoms with Crippen LogP contribution in [0.15, 0.2) is 93.8 Å². The molecule has 0 N–H and O–H groups in total. The molecule has 0 radical (unpaired) electrons. The van der Waals surface area contributed by atoms with Crippen LogP contribution in [0.3, 0.4) is 0 Å². The highest BCUT2D eigenvalue weighted by Gasteiger charge is 2.25. The van der Waals surface area contributed by atoms with Crippen molar-refractivity contribution in [3.63, 3.8) is 0 Å². The Morgan fingerprint density at radius 1 is 0.806 bits per heavy atom. The molecule has 1 saturated heterocycles. The molecule has 1 aliphatic heterocycles. The molecule has 7 heteroatoms. The average Bonchev–Trinajstić information content (AvgIpc) is 3.60. The highest BCUT2D eigenvalue weighted by molar-refractivity contribution is 5.83. The second-order valence-electron chi connectivity index (χ2n) is 8.66. The molecule has 5 aromatic rings. The fourth-order valence-corrected chi connectivity index (χ4v) is 4.49. The largest absolute Gasteiger partial charge is 0.486 e. The van der Waals surface area contributed by atoms with Gasteiger partial charge in [0.1, 0.15) is 24.2 Å². The molecule has 0 saturated carbocycles. The summed E-state index contributed by atoms with van der Waals surface area (Å²) < 4.78 is 17.9. The summed E-state index contributed by atoms with van der Waals surface area (Å²) in [6, 6.07) is 30.3. The van der Waals surface area contributed by atoms with Crippen molar-refractivity contribution in [1.29, 1.82) is 5.26 Å². The number of ether oxygens (including phenoxy) is 1. The number of nitrogens with zero attached hydrogens (tertiary/aromatic N) is 4. The topological polar surface area (TPSA) is 78.7 Å². The Bertz CT molecular complexity index is 1530. The van der Waals surface area contributed by atoms with E-state index in [9.17, 15) is 5.26 Å².